The Hall–Kier alpha value is -2.74. The summed E-state index contributed by atoms with van der Waals surface area (Å²) in [6.45, 7) is 2.98. The molecular weight excluding hydrogens is 371 g/mol. The topological polar surface area (TPSA) is 68.8 Å². The molecule has 3 aromatic rings. The van der Waals surface area contributed by atoms with Gasteiger partial charge in [0.1, 0.15) is 23.6 Å². The summed E-state index contributed by atoms with van der Waals surface area (Å²) >= 11 is 6.46. The van der Waals surface area contributed by atoms with Gasteiger partial charge in [0.2, 0.25) is 0 Å². The van der Waals surface area contributed by atoms with E-state index in [-0.39, 0.29) is 22.9 Å². The molecular formula is C18H18ClFN6O. The van der Waals surface area contributed by atoms with Crippen LogP contribution in [0.25, 0.3) is 5.69 Å². The van der Waals surface area contributed by atoms with Crippen molar-refractivity contribution < 1.29 is 9.18 Å². The van der Waals surface area contributed by atoms with Crippen molar-refractivity contribution >= 4 is 17.5 Å². The number of aryl methyl sites for hydroxylation is 1. The van der Waals surface area contributed by atoms with Crippen LogP contribution < -0.4 is 0 Å². The molecule has 0 unspecified atom stereocenters. The second-order valence-electron chi connectivity index (χ2n) is 6.54. The largest absolute Gasteiger partial charge is 0.338 e. The lowest BCUT2D eigenvalue weighted by atomic mass is 10.0. The average molecular weight is 389 g/mol. The van der Waals surface area contributed by atoms with Crippen LogP contribution >= 0.6 is 11.6 Å². The van der Waals surface area contributed by atoms with E-state index in [1.807, 2.05) is 4.68 Å². The summed E-state index contributed by atoms with van der Waals surface area (Å²) in [7, 11) is 0. The summed E-state index contributed by atoms with van der Waals surface area (Å²) in [5.74, 6) is -0.479. The van der Waals surface area contributed by atoms with Crippen LogP contribution in [-0.2, 0) is 0 Å². The Morgan fingerprint density at radius 2 is 1.93 bits per heavy atom. The van der Waals surface area contributed by atoms with Crippen LogP contribution in [0, 0.1) is 12.7 Å². The third kappa shape index (κ3) is 3.32. The third-order valence-electron chi connectivity index (χ3n) is 4.85. The first-order valence-electron chi connectivity index (χ1n) is 8.69. The Morgan fingerprint density at radius 1 is 1.22 bits per heavy atom. The molecule has 1 fully saturated rings. The van der Waals surface area contributed by atoms with E-state index in [0.29, 0.717) is 30.0 Å². The maximum Gasteiger partial charge on any atom is 0.258 e. The summed E-state index contributed by atoms with van der Waals surface area (Å²) in [5.41, 5.74) is 1.54. The number of halogens is 2. The van der Waals surface area contributed by atoms with Crippen LogP contribution in [-0.4, -0.2) is 48.4 Å². The molecule has 0 radical (unpaired) electrons. The van der Waals surface area contributed by atoms with Crippen molar-refractivity contribution in [3.63, 3.8) is 0 Å². The molecule has 0 N–H and O–H groups in total. The molecule has 0 aliphatic carbocycles. The predicted octanol–water partition coefficient (Wildman–Crippen LogP) is 3.04. The lowest BCUT2D eigenvalue weighted by Crippen LogP contribution is -2.39. The van der Waals surface area contributed by atoms with Gasteiger partial charge in [0.15, 0.2) is 0 Å². The smallest absolute Gasteiger partial charge is 0.258 e. The lowest BCUT2D eigenvalue weighted by Gasteiger charge is -2.31. The molecule has 0 saturated carbocycles. The van der Waals surface area contributed by atoms with Crippen molar-refractivity contribution in [2.45, 2.75) is 25.8 Å². The Kier molecular flexibility index (Phi) is 4.65. The lowest BCUT2D eigenvalue weighted by molar-refractivity contribution is 0.0689. The fourth-order valence-corrected chi connectivity index (χ4v) is 3.75. The molecule has 2 aromatic heterocycles. The number of likely N-dealkylation sites (tertiary alicyclic amines) is 1. The van der Waals surface area contributed by atoms with Crippen molar-refractivity contribution in [2.75, 3.05) is 13.1 Å². The molecule has 27 heavy (non-hydrogen) atoms. The van der Waals surface area contributed by atoms with E-state index in [0.717, 1.165) is 12.8 Å². The van der Waals surface area contributed by atoms with E-state index >= 15 is 0 Å². The van der Waals surface area contributed by atoms with Gasteiger partial charge in [-0.15, -0.1) is 0 Å². The van der Waals surface area contributed by atoms with Gasteiger partial charge in [-0.05, 0) is 44.0 Å². The van der Waals surface area contributed by atoms with E-state index in [9.17, 15) is 9.18 Å². The molecule has 1 amide bonds. The second kappa shape index (κ2) is 7.11. The van der Waals surface area contributed by atoms with Crippen molar-refractivity contribution in [1.29, 1.82) is 0 Å². The van der Waals surface area contributed by atoms with Crippen LogP contribution in [0.1, 0.15) is 34.9 Å². The normalized spacial score (nSPS) is 15.3. The molecule has 0 spiro atoms. The highest BCUT2D eigenvalue weighted by molar-refractivity contribution is 6.33. The molecule has 7 nitrogen and oxygen atoms in total. The number of amides is 1. The Labute approximate surface area is 160 Å². The predicted molar refractivity (Wildman–Crippen MR) is 97.5 cm³/mol. The highest BCUT2D eigenvalue weighted by atomic mass is 35.5. The minimum Gasteiger partial charge on any atom is -0.338 e. The number of nitrogens with zero attached hydrogens (tertiary/aromatic N) is 6. The van der Waals surface area contributed by atoms with Gasteiger partial charge in [-0.2, -0.15) is 10.2 Å². The van der Waals surface area contributed by atoms with Gasteiger partial charge in [-0.25, -0.2) is 18.7 Å². The number of aromatic nitrogens is 5. The number of hydrogen-bond donors (Lipinski definition) is 0. The van der Waals surface area contributed by atoms with Crippen LogP contribution in [0.15, 0.2) is 36.9 Å². The maximum atomic E-state index is 13.2. The summed E-state index contributed by atoms with van der Waals surface area (Å²) in [4.78, 5) is 18.8. The van der Waals surface area contributed by atoms with Gasteiger partial charge in [0, 0.05) is 13.1 Å². The van der Waals surface area contributed by atoms with Crippen molar-refractivity contribution in [3.05, 3.63) is 59.1 Å². The van der Waals surface area contributed by atoms with E-state index in [1.54, 1.807) is 30.3 Å². The molecule has 140 valence electrons. The fraction of sp³-hybridized carbons (Fsp3) is 0.333. The third-order valence-corrected chi connectivity index (χ3v) is 5.20. The van der Waals surface area contributed by atoms with Crippen molar-refractivity contribution in [3.8, 4) is 5.69 Å². The second-order valence-corrected chi connectivity index (χ2v) is 6.90. The number of piperidine rings is 1. The minimum absolute atomic E-state index is 0.136. The van der Waals surface area contributed by atoms with Gasteiger partial charge >= 0.3 is 0 Å². The minimum atomic E-state index is -0.342. The Balaban J connectivity index is 1.53. The van der Waals surface area contributed by atoms with Gasteiger partial charge in [-0.1, -0.05) is 11.6 Å². The molecule has 0 atom stereocenters. The summed E-state index contributed by atoms with van der Waals surface area (Å²) < 4.78 is 16.5. The van der Waals surface area contributed by atoms with Crippen LogP contribution in [0.4, 0.5) is 4.39 Å². The Morgan fingerprint density at radius 3 is 2.56 bits per heavy atom. The standard InChI is InChI=1S/C18H18ClFN6O/c1-12-16(17(19)26(23-12)15-4-2-13(20)3-5-15)18(27)24-8-6-14(7-9-24)25-11-21-10-22-25/h2-5,10-11,14H,6-9H2,1H3. The fourth-order valence-electron chi connectivity index (χ4n) is 3.39. The van der Waals surface area contributed by atoms with Crippen molar-refractivity contribution in [2.24, 2.45) is 0 Å². The van der Waals surface area contributed by atoms with Crippen LogP contribution in [0.3, 0.4) is 0 Å². The van der Waals surface area contributed by atoms with E-state index in [1.165, 1.54) is 23.1 Å². The number of carbonyl (C=O) groups excluding carboxylic acids is 1. The van der Waals surface area contributed by atoms with Crippen LogP contribution in [0.5, 0.6) is 0 Å². The first-order chi connectivity index (χ1) is 13.0. The van der Waals surface area contributed by atoms with Gasteiger partial charge in [-0.3, -0.25) is 4.79 Å². The number of hydrogen-bond acceptors (Lipinski definition) is 4. The SMILES string of the molecule is Cc1nn(-c2ccc(F)cc2)c(Cl)c1C(=O)N1CCC(n2cncn2)CC1. The molecule has 0 bridgehead atoms. The number of benzene rings is 1. The summed E-state index contributed by atoms with van der Waals surface area (Å²) in [6, 6.07) is 6.06. The first-order valence-corrected chi connectivity index (χ1v) is 9.07. The highest BCUT2D eigenvalue weighted by Gasteiger charge is 2.29. The maximum absolute atomic E-state index is 13.2. The van der Waals surface area contributed by atoms with E-state index in [2.05, 4.69) is 15.2 Å². The Bertz CT molecular complexity index is 945. The highest BCUT2D eigenvalue weighted by Crippen LogP contribution is 2.28. The molecule has 3 heterocycles. The number of rotatable bonds is 3. The van der Waals surface area contributed by atoms with E-state index in [4.69, 9.17) is 11.6 Å². The quantitative estimate of drug-likeness (QED) is 0.691. The molecule has 1 aliphatic heterocycles. The van der Waals surface area contributed by atoms with Gasteiger partial charge < -0.3 is 4.90 Å². The number of carbonyl (C=O) groups is 1. The molecule has 1 saturated heterocycles. The van der Waals surface area contributed by atoms with Crippen LogP contribution in [0.2, 0.25) is 5.15 Å². The summed E-state index contributed by atoms with van der Waals surface area (Å²) in [5, 5.41) is 8.79. The molecule has 9 heteroatoms. The average Bonchev–Trinajstić information content (AvgIpc) is 3.31. The molecule has 4 rings (SSSR count). The van der Waals surface area contributed by atoms with Gasteiger partial charge in [0.05, 0.1) is 23.0 Å². The van der Waals surface area contributed by atoms with Gasteiger partial charge in [0.25, 0.3) is 5.91 Å². The zero-order valence-corrected chi connectivity index (χ0v) is 15.5. The molecule has 1 aromatic carbocycles. The zero-order chi connectivity index (χ0) is 19.0. The van der Waals surface area contributed by atoms with Crippen molar-refractivity contribution in [1.82, 2.24) is 29.4 Å². The zero-order valence-electron chi connectivity index (χ0n) is 14.7. The van der Waals surface area contributed by atoms with E-state index < -0.39 is 0 Å². The summed E-state index contributed by atoms with van der Waals surface area (Å²) in [6.07, 6.45) is 4.83. The molecule has 1 aliphatic rings. The monoisotopic (exact) mass is 388 g/mol. The first kappa shape index (κ1) is 17.7.